The van der Waals surface area contributed by atoms with Crippen LogP contribution in [-0.2, 0) is 19.6 Å². The monoisotopic (exact) mass is 928 g/mol. The van der Waals surface area contributed by atoms with E-state index in [1.165, 1.54) is 12.1 Å². The van der Waals surface area contributed by atoms with Gasteiger partial charge in [-0.2, -0.15) is 8.42 Å². The second-order valence-electron chi connectivity index (χ2n) is 13.4. The summed E-state index contributed by atoms with van der Waals surface area (Å²) in [6.07, 6.45) is 8.61. The number of benzene rings is 2. The zero-order chi connectivity index (χ0) is 29.6. The lowest BCUT2D eigenvalue weighted by Gasteiger charge is -2.59. The zero-order valence-electron chi connectivity index (χ0n) is 22.8. The Labute approximate surface area is 286 Å². The molecule has 6 saturated carbocycles. The van der Waals surface area contributed by atoms with Gasteiger partial charge in [-0.15, -0.1) is 0 Å². The molecule has 6 aliphatic carbocycles. The first-order valence-corrected chi connectivity index (χ1v) is 19.2. The summed E-state index contributed by atoms with van der Waals surface area (Å²) in [7, 11) is -4.41. The SMILES string of the molecule is O=C(OC12CC3CC(C1)CC(C(=O)Oc1ccc(S(=O)(=O)O)c(C4CC5CCC4C5)c1)(C3)C2)c1cc(I)cc(I)c1I. The van der Waals surface area contributed by atoms with E-state index in [9.17, 15) is 22.6 Å². The number of halogens is 3. The predicted octanol–water partition coefficient (Wildman–Crippen LogP) is 7.75. The molecule has 5 atom stereocenters. The molecule has 0 amide bonds. The molecule has 0 aromatic heterocycles. The summed E-state index contributed by atoms with van der Waals surface area (Å²) in [6, 6.07) is 8.42. The highest BCUT2D eigenvalue weighted by atomic mass is 127. The first-order valence-electron chi connectivity index (χ1n) is 14.5. The largest absolute Gasteiger partial charge is 0.455 e. The maximum atomic E-state index is 14.0. The lowest BCUT2D eigenvalue weighted by Crippen LogP contribution is -2.60. The average molecular weight is 928 g/mol. The van der Waals surface area contributed by atoms with E-state index in [4.69, 9.17) is 9.47 Å². The van der Waals surface area contributed by atoms with Gasteiger partial charge in [0.05, 0.1) is 15.9 Å². The smallest absolute Gasteiger partial charge is 0.339 e. The zero-order valence-corrected chi connectivity index (χ0v) is 30.1. The number of hydrogen-bond acceptors (Lipinski definition) is 6. The van der Waals surface area contributed by atoms with Crippen LogP contribution in [0.1, 0.15) is 86.0 Å². The number of rotatable bonds is 6. The summed E-state index contributed by atoms with van der Waals surface area (Å²) in [4.78, 5) is 27.5. The Morgan fingerprint density at radius 3 is 2.29 bits per heavy atom. The quantitative estimate of drug-likeness (QED) is 0.104. The molecule has 8 rings (SSSR count). The van der Waals surface area contributed by atoms with Crippen LogP contribution in [0.4, 0.5) is 0 Å². The average Bonchev–Trinajstić information content (AvgIpc) is 3.53. The van der Waals surface area contributed by atoms with Crippen LogP contribution in [0.15, 0.2) is 35.2 Å². The second kappa shape index (κ2) is 10.8. The van der Waals surface area contributed by atoms with E-state index in [-0.39, 0.29) is 34.6 Å². The summed E-state index contributed by atoms with van der Waals surface area (Å²) in [5, 5.41) is 0. The third-order valence-electron chi connectivity index (χ3n) is 10.6. The highest BCUT2D eigenvalue weighted by Gasteiger charge is 2.63. The predicted molar refractivity (Wildman–Crippen MR) is 180 cm³/mol. The van der Waals surface area contributed by atoms with Gasteiger partial charge in [0, 0.05) is 17.1 Å². The number of esters is 2. The van der Waals surface area contributed by atoms with Gasteiger partial charge in [0.1, 0.15) is 11.4 Å². The van der Waals surface area contributed by atoms with Crippen molar-refractivity contribution in [3.05, 3.63) is 52.2 Å². The van der Waals surface area contributed by atoms with Crippen molar-refractivity contribution < 1.29 is 32.0 Å². The maximum Gasteiger partial charge on any atom is 0.339 e. The molecule has 0 saturated heterocycles. The minimum Gasteiger partial charge on any atom is -0.455 e. The molecule has 42 heavy (non-hydrogen) atoms. The molecule has 0 radical (unpaired) electrons. The van der Waals surface area contributed by atoms with Crippen molar-refractivity contribution in [2.75, 3.05) is 0 Å². The van der Waals surface area contributed by atoms with E-state index in [0.29, 0.717) is 48.0 Å². The van der Waals surface area contributed by atoms with E-state index in [2.05, 4.69) is 67.8 Å². The fourth-order valence-corrected chi connectivity index (χ4v) is 12.6. The highest BCUT2D eigenvalue weighted by molar-refractivity contribution is 14.1. The molecule has 6 fully saturated rings. The Kier molecular flexibility index (Phi) is 7.74. The molecular weight excluding hydrogens is 897 g/mol. The highest BCUT2D eigenvalue weighted by Crippen LogP contribution is 2.63. The van der Waals surface area contributed by atoms with E-state index in [1.807, 2.05) is 12.1 Å². The van der Waals surface area contributed by atoms with Crippen LogP contribution >= 0.6 is 67.8 Å². The van der Waals surface area contributed by atoms with Crippen LogP contribution in [0.3, 0.4) is 0 Å². The molecule has 0 heterocycles. The van der Waals surface area contributed by atoms with Gasteiger partial charge in [-0.1, -0.05) is 6.42 Å². The van der Waals surface area contributed by atoms with Gasteiger partial charge < -0.3 is 9.47 Å². The topological polar surface area (TPSA) is 107 Å². The van der Waals surface area contributed by atoms with Crippen molar-refractivity contribution in [3.8, 4) is 5.75 Å². The van der Waals surface area contributed by atoms with Gasteiger partial charge in [-0.3, -0.25) is 9.35 Å². The Morgan fingerprint density at radius 1 is 0.905 bits per heavy atom. The molecule has 7 nitrogen and oxygen atoms in total. The molecule has 6 aliphatic rings. The molecule has 5 unspecified atom stereocenters. The third kappa shape index (κ3) is 5.36. The summed E-state index contributed by atoms with van der Waals surface area (Å²) >= 11 is 6.64. The lowest BCUT2D eigenvalue weighted by atomic mass is 9.48. The van der Waals surface area contributed by atoms with Gasteiger partial charge in [-0.25, -0.2) is 4.79 Å². The minimum absolute atomic E-state index is 0.0356. The first-order chi connectivity index (χ1) is 19.8. The molecule has 224 valence electrons. The van der Waals surface area contributed by atoms with E-state index >= 15 is 0 Å². The van der Waals surface area contributed by atoms with Gasteiger partial charge in [-0.05, 0) is 185 Å². The van der Waals surface area contributed by atoms with Crippen molar-refractivity contribution >= 4 is 89.8 Å². The number of hydrogen-bond donors (Lipinski definition) is 1. The van der Waals surface area contributed by atoms with Crippen LogP contribution in [0.25, 0.3) is 0 Å². The van der Waals surface area contributed by atoms with Crippen LogP contribution in [0.2, 0.25) is 0 Å². The minimum atomic E-state index is -4.41. The van der Waals surface area contributed by atoms with Gasteiger partial charge in [0.25, 0.3) is 10.1 Å². The fraction of sp³-hybridized carbons (Fsp3) is 0.548. The third-order valence-corrected chi connectivity index (χ3v) is 15.2. The number of carbonyl (C=O) groups is 2. The maximum absolute atomic E-state index is 14.0. The Hall–Kier alpha value is -0.520. The lowest BCUT2D eigenvalue weighted by molar-refractivity contribution is -0.189. The first kappa shape index (κ1) is 30.2. The van der Waals surface area contributed by atoms with Crippen LogP contribution < -0.4 is 4.74 Å². The van der Waals surface area contributed by atoms with E-state index in [0.717, 1.165) is 55.7 Å². The van der Waals surface area contributed by atoms with Gasteiger partial charge >= 0.3 is 11.9 Å². The summed E-state index contributed by atoms with van der Waals surface area (Å²) in [5.74, 6) is 1.23. The number of ether oxygens (including phenoxy) is 2. The summed E-state index contributed by atoms with van der Waals surface area (Å²) in [5.41, 5.74) is -0.316. The van der Waals surface area contributed by atoms with Gasteiger partial charge in [0.2, 0.25) is 0 Å². The molecule has 1 N–H and O–H groups in total. The molecule has 0 spiro atoms. The van der Waals surface area contributed by atoms with Gasteiger partial charge in [0.15, 0.2) is 0 Å². The van der Waals surface area contributed by atoms with Crippen molar-refractivity contribution in [3.63, 3.8) is 0 Å². The van der Waals surface area contributed by atoms with Crippen molar-refractivity contribution in [1.29, 1.82) is 0 Å². The number of carbonyl (C=O) groups excluding carboxylic acids is 2. The second-order valence-corrected chi connectivity index (χ2v) is 18.3. The molecule has 0 aliphatic heterocycles. The van der Waals surface area contributed by atoms with E-state index < -0.39 is 21.1 Å². The summed E-state index contributed by atoms with van der Waals surface area (Å²) in [6.45, 7) is 0. The molecule has 2 aromatic rings. The van der Waals surface area contributed by atoms with Crippen molar-refractivity contribution in [1.82, 2.24) is 0 Å². The normalized spacial score (nSPS) is 34.5. The fourth-order valence-electron chi connectivity index (χ4n) is 9.45. The molecule has 6 bridgehead atoms. The number of fused-ring (bicyclic) bond motifs is 2. The van der Waals surface area contributed by atoms with Crippen molar-refractivity contribution in [2.45, 2.75) is 80.6 Å². The Bertz CT molecular complexity index is 1590. The standard InChI is InChI=1S/C31H31I3O7S/c32-20-8-24(27(34)25(33)9-20)28(35)41-31-13-17-5-18(14-31)12-30(11-17,15-31)29(36)40-21-3-4-26(42(37,38)39)23(10-21)22-7-16-1-2-19(22)6-16/h3-4,8-10,16-19,22H,1-2,5-7,11-15H2,(H,37,38,39). The summed E-state index contributed by atoms with van der Waals surface area (Å²) < 4.78 is 49.8. The van der Waals surface area contributed by atoms with Crippen LogP contribution in [0.5, 0.6) is 5.75 Å². The van der Waals surface area contributed by atoms with Crippen LogP contribution in [-0.4, -0.2) is 30.5 Å². The molecule has 2 aromatic carbocycles. The Morgan fingerprint density at radius 2 is 1.64 bits per heavy atom. The van der Waals surface area contributed by atoms with Crippen molar-refractivity contribution in [2.24, 2.45) is 29.1 Å². The molecule has 11 heteroatoms. The Balaban J connectivity index is 1.15. The van der Waals surface area contributed by atoms with E-state index in [1.54, 1.807) is 6.07 Å². The molecular formula is C31H31I3O7S. The van der Waals surface area contributed by atoms with Crippen LogP contribution in [0, 0.1) is 39.8 Å².